The second-order valence-electron chi connectivity index (χ2n) is 6.46. The largest absolute Gasteiger partial charge is 0.336 e. The van der Waals surface area contributed by atoms with Gasteiger partial charge in [0.1, 0.15) is 0 Å². The number of nitrogens with zero attached hydrogens (tertiary/aromatic N) is 1. The molecule has 0 unspecified atom stereocenters. The summed E-state index contributed by atoms with van der Waals surface area (Å²) in [6.07, 6.45) is 0. The van der Waals surface area contributed by atoms with Crippen LogP contribution in [0.4, 0.5) is 10.5 Å². The maximum absolute atomic E-state index is 12.3. The first kappa shape index (κ1) is 17.7. The predicted molar refractivity (Wildman–Crippen MR) is 99.5 cm³/mol. The lowest BCUT2D eigenvalue weighted by Gasteiger charge is -2.16. The molecule has 1 aliphatic rings. The van der Waals surface area contributed by atoms with Crippen LogP contribution in [0, 0.1) is 20.8 Å². The molecular weight excluding hydrogens is 330 g/mol. The van der Waals surface area contributed by atoms with Crippen LogP contribution in [0.5, 0.6) is 0 Å². The molecule has 0 saturated heterocycles. The van der Waals surface area contributed by atoms with E-state index in [9.17, 15) is 14.4 Å². The third-order valence-electron chi connectivity index (χ3n) is 4.41. The Labute approximate surface area is 152 Å². The van der Waals surface area contributed by atoms with Gasteiger partial charge in [-0.1, -0.05) is 29.8 Å². The molecule has 1 heterocycles. The van der Waals surface area contributed by atoms with Crippen molar-refractivity contribution in [3.8, 4) is 0 Å². The zero-order valence-corrected chi connectivity index (χ0v) is 15.1. The molecule has 0 radical (unpaired) electrons. The molecule has 4 amide bonds. The summed E-state index contributed by atoms with van der Waals surface area (Å²) >= 11 is 0. The fraction of sp³-hybridized carbons (Fsp3) is 0.250. The summed E-state index contributed by atoms with van der Waals surface area (Å²) in [4.78, 5) is 37.9. The first-order chi connectivity index (χ1) is 12.4. The van der Waals surface area contributed by atoms with Gasteiger partial charge in [0.2, 0.25) is 0 Å². The van der Waals surface area contributed by atoms with Crippen LogP contribution < -0.4 is 10.6 Å². The van der Waals surface area contributed by atoms with E-state index in [2.05, 4.69) is 10.6 Å². The Bertz CT molecular complexity index is 847. The minimum Gasteiger partial charge on any atom is -0.336 e. The van der Waals surface area contributed by atoms with E-state index in [4.69, 9.17) is 0 Å². The SMILES string of the molecule is Cc1cc(C)c(NC(=O)NCCN2C(=O)c3ccccc3C2=O)c(C)c1. The molecule has 0 spiro atoms. The van der Waals surface area contributed by atoms with Crippen molar-refractivity contribution in [1.29, 1.82) is 0 Å². The van der Waals surface area contributed by atoms with Gasteiger partial charge in [0.05, 0.1) is 11.1 Å². The Kier molecular flexibility index (Phi) is 4.75. The van der Waals surface area contributed by atoms with Gasteiger partial charge >= 0.3 is 6.03 Å². The number of hydrogen-bond acceptors (Lipinski definition) is 3. The van der Waals surface area contributed by atoms with Gasteiger partial charge in [-0.25, -0.2) is 4.79 Å². The Balaban J connectivity index is 1.57. The number of benzene rings is 2. The smallest absolute Gasteiger partial charge is 0.319 e. The molecule has 0 saturated carbocycles. The second-order valence-corrected chi connectivity index (χ2v) is 6.46. The van der Waals surface area contributed by atoms with E-state index in [-0.39, 0.29) is 30.9 Å². The van der Waals surface area contributed by atoms with Gasteiger partial charge < -0.3 is 10.6 Å². The third-order valence-corrected chi connectivity index (χ3v) is 4.41. The zero-order valence-electron chi connectivity index (χ0n) is 15.1. The van der Waals surface area contributed by atoms with E-state index in [0.29, 0.717) is 11.1 Å². The van der Waals surface area contributed by atoms with Gasteiger partial charge in [-0.05, 0) is 44.0 Å². The van der Waals surface area contributed by atoms with Gasteiger partial charge in [-0.15, -0.1) is 0 Å². The first-order valence-electron chi connectivity index (χ1n) is 8.46. The molecule has 2 aromatic rings. The molecule has 134 valence electrons. The number of carbonyl (C=O) groups is 3. The Hall–Kier alpha value is -3.15. The van der Waals surface area contributed by atoms with Crippen LogP contribution in [0.1, 0.15) is 37.4 Å². The molecule has 6 heteroatoms. The third kappa shape index (κ3) is 3.31. The van der Waals surface area contributed by atoms with Crippen LogP contribution in [0.25, 0.3) is 0 Å². The van der Waals surface area contributed by atoms with Crippen LogP contribution in [0.15, 0.2) is 36.4 Å². The van der Waals surface area contributed by atoms with E-state index in [1.165, 1.54) is 0 Å². The van der Waals surface area contributed by atoms with Crippen molar-refractivity contribution >= 4 is 23.5 Å². The molecule has 0 atom stereocenters. The first-order valence-corrected chi connectivity index (χ1v) is 8.46. The van der Waals surface area contributed by atoms with Crippen molar-refractivity contribution in [2.24, 2.45) is 0 Å². The number of amides is 4. The molecule has 0 fully saturated rings. The van der Waals surface area contributed by atoms with E-state index in [0.717, 1.165) is 27.3 Å². The fourth-order valence-corrected chi connectivity index (χ4v) is 3.26. The van der Waals surface area contributed by atoms with Crippen LogP contribution in [0.2, 0.25) is 0 Å². The number of fused-ring (bicyclic) bond motifs is 1. The Morgan fingerprint density at radius 2 is 1.50 bits per heavy atom. The Morgan fingerprint density at radius 1 is 0.962 bits per heavy atom. The van der Waals surface area contributed by atoms with Crippen molar-refractivity contribution in [3.63, 3.8) is 0 Å². The van der Waals surface area contributed by atoms with E-state index < -0.39 is 0 Å². The number of rotatable bonds is 4. The van der Waals surface area contributed by atoms with Crippen molar-refractivity contribution < 1.29 is 14.4 Å². The summed E-state index contributed by atoms with van der Waals surface area (Å²) in [5.41, 5.74) is 4.70. The molecular formula is C20H21N3O3. The standard InChI is InChI=1S/C20H21N3O3/c1-12-10-13(2)17(14(3)11-12)22-20(26)21-8-9-23-18(24)15-6-4-5-7-16(15)19(23)25/h4-7,10-11H,8-9H2,1-3H3,(H2,21,22,26). The normalized spacial score (nSPS) is 13.0. The molecule has 0 bridgehead atoms. The van der Waals surface area contributed by atoms with Crippen molar-refractivity contribution in [2.75, 3.05) is 18.4 Å². The molecule has 2 aromatic carbocycles. The zero-order chi connectivity index (χ0) is 18.8. The van der Waals surface area contributed by atoms with E-state index in [1.807, 2.05) is 32.9 Å². The lowest BCUT2D eigenvalue weighted by molar-refractivity contribution is 0.0656. The Morgan fingerprint density at radius 3 is 2.04 bits per heavy atom. The lowest BCUT2D eigenvalue weighted by Crippen LogP contribution is -2.39. The number of nitrogens with one attached hydrogen (secondary N) is 2. The van der Waals surface area contributed by atoms with Gasteiger partial charge in [0, 0.05) is 18.8 Å². The highest BCUT2D eigenvalue weighted by Gasteiger charge is 2.34. The van der Waals surface area contributed by atoms with E-state index in [1.54, 1.807) is 24.3 Å². The molecule has 0 aromatic heterocycles. The highest BCUT2D eigenvalue weighted by Crippen LogP contribution is 2.22. The van der Waals surface area contributed by atoms with Crippen LogP contribution in [-0.4, -0.2) is 35.8 Å². The summed E-state index contributed by atoms with van der Waals surface area (Å²) in [6, 6.07) is 10.4. The maximum atomic E-state index is 12.3. The summed E-state index contributed by atoms with van der Waals surface area (Å²) in [6.45, 7) is 6.20. The topological polar surface area (TPSA) is 78.5 Å². The van der Waals surface area contributed by atoms with Gasteiger partial charge in [0.15, 0.2) is 0 Å². The van der Waals surface area contributed by atoms with Crippen molar-refractivity contribution in [3.05, 3.63) is 64.2 Å². The second kappa shape index (κ2) is 7.00. The van der Waals surface area contributed by atoms with Crippen molar-refractivity contribution in [1.82, 2.24) is 10.2 Å². The number of anilines is 1. The summed E-state index contributed by atoms with van der Waals surface area (Å²) < 4.78 is 0. The summed E-state index contributed by atoms with van der Waals surface area (Å²) in [5, 5.41) is 5.53. The number of urea groups is 1. The van der Waals surface area contributed by atoms with E-state index >= 15 is 0 Å². The molecule has 0 aliphatic carbocycles. The van der Waals surface area contributed by atoms with Gasteiger partial charge in [0.25, 0.3) is 11.8 Å². The summed E-state index contributed by atoms with van der Waals surface area (Å²) in [5.74, 6) is -0.643. The van der Waals surface area contributed by atoms with Crippen LogP contribution >= 0.6 is 0 Å². The van der Waals surface area contributed by atoms with Crippen molar-refractivity contribution in [2.45, 2.75) is 20.8 Å². The molecule has 26 heavy (non-hydrogen) atoms. The van der Waals surface area contributed by atoms with Gasteiger partial charge in [-0.2, -0.15) is 0 Å². The molecule has 3 rings (SSSR count). The van der Waals surface area contributed by atoms with Crippen LogP contribution in [0.3, 0.4) is 0 Å². The monoisotopic (exact) mass is 351 g/mol. The highest BCUT2D eigenvalue weighted by atomic mass is 16.2. The molecule has 2 N–H and O–H groups in total. The minimum absolute atomic E-state index is 0.131. The average Bonchev–Trinajstić information content (AvgIpc) is 2.83. The maximum Gasteiger partial charge on any atom is 0.319 e. The lowest BCUT2D eigenvalue weighted by atomic mass is 10.1. The number of imide groups is 1. The number of hydrogen-bond donors (Lipinski definition) is 2. The molecule has 6 nitrogen and oxygen atoms in total. The van der Waals surface area contributed by atoms with Gasteiger partial charge in [-0.3, -0.25) is 14.5 Å². The fourth-order valence-electron chi connectivity index (χ4n) is 3.26. The number of carbonyl (C=O) groups excluding carboxylic acids is 3. The minimum atomic E-state index is -0.364. The quantitative estimate of drug-likeness (QED) is 0.831. The average molecular weight is 351 g/mol. The summed E-state index contributed by atoms with van der Waals surface area (Å²) in [7, 11) is 0. The number of aryl methyl sites for hydroxylation is 3. The van der Waals surface area contributed by atoms with Crippen LogP contribution in [-0.2, 0) is 0 Å². The predicted octanol–water partition coefficient (Wildman–Crippen LogP) is 3.03. The highest BCUT2D eigenvalue weighted by molar-refractivity contribution is 6.21. The molecule has 1 aliphatic heterocycles.